The molecule has 0 spiro atoms. The van der Waals surface area contributed by atoms with E-state index in [1.807, 2.05) is 11.3 Å². The zero-order valence-electron chi connectivity index (χ0n) is 11.9. The number of halogens is 1. The van der Waals surface area contributed by atoms with Gasteiger partial charge in [-0.1, -0.05) is 39.5 Å². The highest BCUT2D eigenvalue weighted by molar-refractivity contribution is 9.11. The Labute approximate surface area is 125 Å². The molecule has 0 aliphatic rings. The van der Waals surface area contributed by atoms with E-state index in [0.717, 1.165) is 6.54 Å². The fourth-order valence-corrected chi connectivity index (χ4v) is 3.78. The van der Waals surface area contributed by atoms with E-state index in [4.69, 9.17) is 0 Å². The summed E-state index contributed by atoms with van der Waals surface area (Å²) in [6, 6.07) is 2.89. The molecule has 0 saturated heterocycles. The van der Waals surface area contributed by atoms with Crippen molar-refractivity contribution in [1.82, 2.24) is 5.32 Å². The first kappa shape index (κ1) is 16.2. The van der Waals surface area contributed by atoms with Gasteiger partial charge in [-0.15, -0.1) is 11.3 Å². The Hall–Kier alpha value is 0.140. The van der Waals surface area contributed by atoms with Gasteiger partial charge in [-0.2, -0.15) is 0 Å². The molecule has 3 heteroatoms. The molecule has 1 nitrogen and oxygen atoms in total. The number of hydrogen-bond donors (Lipinski definition) is 1. The molecule has 104 valence electrons. The van der Waals surface area contributed by atoms with Crippen LogP contribution in [0.5, 0.6) is 0 Å². The Morgan fingerprint density at radius 2 is 2.00 bits per heavy atom. The van der Waals surface area contributed by atoms with E-state index in [0.29, 0.717) is 6.04 Å². The number of hydrogen-bond acceptors (Lipinski definition) is 2. The average molecular weight is 332 g/mol. The van der Waals surface area contributed by atoms with Crippen LogP contribution in [0.4, 0.5) is 0 Å². The largest absolute Gasteiger partial charge is 0.309 e. The van der Waals surface area contributed by atoms with Gasteiger partial charge >= 0.3 is 0 Å². The van der Waals surface area contributed by atoms with E-state index in [1.165, 1.54) is 52.8 Å². The highest BCUT2D eigenvalue weighted by Gasteiger charge is 2.14. The van der Waals surface area contributed by atoms with Gasteiger partial charge in [0.15, 0.2) is 0 Å². The van der Waals surface area contributed by atoms with Crippen LogP contribution in [0.15, 0.2) is 9.85 Å². The van der Waals surface area contributed by atoms with Crippen LogP contribution in [0.25, 0.3) is 0 Å². The second-order valence-corrected chi connectivity index (χ2v) is 7.36. The first-order valence-corrected chi connectivity index (χ1v) is 8.79. The summed E-state index contributed by atoms with van der Waals surface area (Å²) in [6.45, 7) is 7.80. The SMILES string of the molecule is CCCCCCC(NCCC)c1cc(C)c(Br)s1. The van der Waals surface area contributed by atoms with Crippen molar-refractivity contribution >= 4 is 27.3 Å². The molecule has 0 saturated carbocycles. The minimum atomic E-state index is 0.553. The predicted octanol–water partition coefficient (Wildman–Crippen LogP) is 5.83. The average Bonchev–Trinajstić information content (AvgIpc) is 2.68. The Bertz CT molecular complexity index is 316. The van der Waals surface area contributed by atoms with E-state index in [2.05, 4.69) is 48.1 Å². The highest BCUT2D eigenvalue weighted by atomic mass is 79.9. The van der Waals surface area contributed by atoms with Gasteiger partial charge in [0.1, 0.15) is 0 Å². The molecule has 1 atom stereocenters. The molecule has 0 fully saturated rings. The molecule has 0 radical (unpaired) electrons. The fourth-order valence-electron chi connectivity index (χ4n) is 2.09. The summed E-state index contributed by atoms with van der Waals surface area (Å²) in [5, 5.41) is 3.69. The lowest BCUT2D eigenvalue weighted by molar-refractivity contribution is 0.476. The predicted molar refractivity (Wildman–Crippen MR) is 86.5 cm³/mol. The van der Waals surface area contributed by atoms with Crippen molar-refractivity contribution in [2.45, 2.75) is 65.3 Å². The molecule has 0 amide bonds. The van der Waals surface area contributed by atoms with E-state index in [-0.39, 0.29) is 0 Å². The lowest BCUT2D eigenvalue weighted by atomic mass is 10.1. The third-order valence-electron chi connectivity index (χ3n) is 3.21. The van der Waals surface area contributed by atoms with Crippen molar-refractivity contribution in [1.29, 1.82) is 0 Å². The summed E-state index contributed by atoms with van der Waals surface area (Å²) in [6.07, 6.45) is 7.86. The topological polar surface area (TPSA) is 12.0 Å². The summed E-state index contributed by atoms with van der Waals surface area (Å²) in [5.41, 5.74) is 1.37. The van der Waals surface area contributed by atoms with Gasteiger partial charge in [0.25, 0.3) is 0 Å². The van der Waals surface area contributed by atoms with Crippen LogP contribution in [-0.4, -0.2) is 6.54 Å². The summed E-state index contributed by atoms with van der Waals surface area (Å²) in [5.74, 6) is 0. The van der Waals surface area contributed by atoms with Crippen molar-refractivity contribution in [3.05, 3.63) is 20.3 Å². The molecule has 1 N–H and O–H groups in total. The molecular weight excluding hydrogens is 306 g/mol. The maximum atomic E-state index is 3.69. The molecule has 18 heavy (non-hydrogen) atoms. The zero-order valence-corrected chi connectivity index (χ0v) is 14.3. The molecule has 0 aliphatic carbocycles. The van der Waals surface area contributed by atoms with Gasteiger partial charge in [0, 0.05) is 10.9 Å². The maximum Gasteiger partial charge on any atom is 0.0731 e. The lowest BCUT2D eigenvalue weighted by Crippen LogP contribution is -2.21. The van der Waals surface area contributed by atoms with Crippen LogP contribution in [0.1, 0.15) is 68.9 Å². The zero-order chi connectivity index (χ0) is 13.4. The van der Waals surface area contributed by atoms with E-state index in [1.54, 1.807) is 0 Å². The van der Waals surface area contributed by atoms with Crippen LogP contribution >= 0.6 is 27.3 Å². The van der Waals surface area contributed by atoms with Gasteiger partial charge in [-0.25, -0.2) is 0 Å². The van der Waals surface area contributed by atoms with Crippen molar-refractivity contribution in [2.24, 2.45) is 0 Å². The third-order valence-corrected chi connectivity index (χ3v) is 5.46. The Morgan fingerprint density at radius 3 is 2.56 bits per heavy atom. The van der Waals surface area contributed by atoms with Crippen molar-refractivity contribution < 1.29 is 0 Å². The summed E-state index contributed by atoms with van der Waals surface area (Å²) in [7, 11) is 0. The van der Waals surface area contributed by atoms with E-state index < -0.39 is 0 Å². The fraction of sp³-hybridized carbons (Fsp3) is 0.733. The summed E-state index contributed by atoms with van der Waals surface area (Å²) in [4.78, 5) is 1.49. The van der Waals surface area contributed by atoms with Gasteiger partial charge in [0.2, 0.25) is 0 Å². The monoisotopic (exact) mass is 331 g/mol. The third kappa shape index (κ3) is 5.41. The number of unbranched alkanes of at least 4 members (excludes halogenated alkanes) is 3. The molecule has 1 aromatic rings. The van der Waals surface area contributed by atoms with Crippen LogP contribution in [0.2, 0.25) is 0 Å². The van der Waals surface area contributed by atoms with Crippen molar-refractivity contribution in [3.63, 3.8) is 0 Å². The molecule has 1 unspecified atom stereocenters. The molecular formula is C15H26BrNS. The second-order valence-electron chi connectivity index (χ2n) is 4.96. The molecule has 1 heterocycles. The lowest BCUT2D eigenvalue weighted by Gasteiger charge is -2.17. The van der Waals surface area contributed by atoms with Crippen LogP contribution in [-0.2, 0) is 0 Å². The van der Waals surface area contributed by atoms with Gasteiger partial charge in [-0.05, 0) is 53.9 Å². The molecule has 0 bridgehead atoms. The number of aryl methyl sites for hydroxylation is 1. The van der Waals surface area contributed by atoms with Gasteiger partial charge < -0.3 is 5.32 Å². The first-order chi connectivity index (χ1) is 8.69. The van der Waals surface area contributed by atoms with Crippen LogP contribution in [0, 0.1) is 6.92 Å². The highest BCUT2D eigenvalue weighted by Crippen LogP contribution is 2.33. The Kier molecular flexibility index (Phi) is 8.20. The van der Waals surface area contributed by atoms with Gasteiger partial charge in [-0.3, -0.25) is 0 Å². The van der Waals surface area contributed by atoms with Crippen molar-refractivity contribution in [2.75, 3.05) is 6.54 Å². The Morgan fingerprint density at radius 1 is 1.22 bits per heavy atom. The molecule has 1 rings (SSSR count). The van der Waals surface area contributed by atoms with E-state index >= 15 is 0 Å². The normalized spacial score (nSPS) is 12.9. The summed E-state index contributed by atoms with van der Waals surface area (Å²) >= 11 is 5.53. The Balaban J connectivity index is 2.54. The molecule has 1 aromatic heterocycles. The van der Waals surface area contributed by atoms with E-state index in [9.17, 15) is 0 Å². The van der Waals surface area contributed by atoms with Gasteiger partial charge in [0.05, 0.1) is 3.79 Å². The minimum Gasteiger partial charge on any atom is -0.309 e. The number of thiophene rings is 1. The minimum absolute atomic E-state index is 0.553. The van der Waals surface area contributed by atoms with Crippen LogP contribution in [0.3, 0.4) is 0 Å². The van der Waals surface area contributed by atoms with Crippen molar-refractivity contribution in [3.8, 4) is 0 Å². The molecule has 0 aromatic carbocycles. The quantitative estimate of drug-likeness (QED) is 0.561. The smallest absolute Gasteiger partial charge is 0.0731 e. The second kappa shape index (κ2) is 9.11. The summed E-state index contributed by atoms with van der Waals surface area (Å²) < 4.78 is 1.29. The first-order valence-electron chi connectivity index (χ1n) is 7.18. The number of rotatable bonds is 9. The number of nitrogens with one attached hydrogen (secondary N) is 1. The molecule has 0 aliphatic heterocycles. The standard InChI is InChI=1S/C15H26BrNS/c1-4-6-7-8-9-13(17-10-5-2)14-11-12(3)15(16)18-14/h11,13,17H,4-10H2,1-3H3. The van der Waals surface area contributed by atoms with Crippen LogP contribution < -0.4 is 5.32 Å². The maximum absolute atomic E-state index is 3.69.